The molecule has 1 aliphatic rings. The first-order valence-electron chi connectivity index (χ1n) is 9.53. The van der Waals surface area contributed by atoms with Crippen molar-refractivity contribution in [2.24, 2.45) is 10.9 Å². The van der Waals surface area contributed by atoms with Crippen LogP contribution in [0.4, 0.5) is 0 Å². The number of carbonyl (C=O) groups excluding carboxylic acids is 1. The number of amides is 1. The number of nitrogens with one attached hydrogen (secondary N) is 3. The topological polar surface area (TPSA) is 78.7 Å². The summed E-state index contributed by atoms with van der Waals surface area (Å²) in [5.74, 6) is 2.57. The second-order valence-electron chi connectivity index (χ2n) is 6.71. The minimum absolute atomic E-state index is 0.0164. The van der Waals surface area contributed by atoms with Crippen molar-refractivity contribution in [2.45, 2.75) is 51.9 Å². The molecule has 0 aliphatic heterocycles. The average Bonchev–Trinajstić information content (AvgIpc) is 3.13. The molecule has 1 aromatic rings. The van der Waals surface area contributed by atoms with Gasteiger partial charge in [0.05, 0.1) is 6.26 Å². The van der Waals surface area contributed by atoms with Crippen molar-refractivity contribution in [1.82, 2.24) is 16.0 Å². The summed E-state index contributed by atoms with van der Waals surface area (Å²) in [6.45, 7) is 4.69. The molecule has 140 valence electrons. The molecule has 0 saturated heterocycles. The molecule has 1 aliphatic carbocycles. The van der Waals surface area contributed by atoms with Crippen molar-refractivity contribution in [2.75, 3.05) is 26.2 Å². The Kier molecular flexibility index (Phi) is 8.94. The Balaban J connectivity index is 1.73. The summed E-state index contributed by atoms with van der Waals surface area (Å²) < 4.78 is 5.37. The standard InChI is InChI=1S/C19H32N4O2/c1-16(24)20-11-6-12-21-19(22-13-10-18-9-5-14-25-18)23-15-17-7-3-2-4-8-17/h5,9,14,17H,2-4,6-8,10-13,15H2,1H3,(H,20,24)(H2,21,22,23). The number of rotatable bonds is 9. The van der Waals surface area contributed by atoms with Gasteiger partial charge in [-0.3, -0.25) is 9.79 Å². The second kappa shape index (κ2) is 11.6. The van der Waals surface area contributed by atoms with Gasteiger partial charge >= 0.3 is 0 Å². The van der Waals surface area contributed by atoms with Crippen LogP contribution in [0.1, 0.15) is 51.2 Å². The molecule has 1 amide bonds. The van der Waals surface area contributed by atoms with Gasteiger partial charge in [-0.05, 0) is 37.3 Å². The molecular weight excluding hydrogens is 316 g/mol. The van der Waals surface area contributed by atoms with Crippen LogP contribution in [0, 0.1) is 5.92 Å². The zero-order valence-corrected chi connectivity index (χ0v) is 15.4. The molecule has 1 fully saturated rings. The third-order valence-electron chi connectivity index (χ3n) is 4.50. The van der Waals surface area contributed by atoms with Gasteiger partial charge in [-0.25, -0.2) is 0 Å². The molecule has 0 bridgehead atoms. The monoisotopic (exact) mass is 348 g/mol. The number of carbonyl (C=O) groups is 1. The Labute approximate surface area is 150 Å². The SMILES string of the molecule is CC(=O)NCCCNC(=NCC1CCCCC1)NCCc1ccco1. The van der Waals surface area contributed by atoms with Gasteiger partial charge < -0.3 is 20.4 Å². The summed E-state index contributed by atoms with van der Waals surface area (Å²) in [6, 6.07) is 3.90. The van der Waals surface area contributed by atoms with Gasteiger partial charge in [-0.1, -0.05) is 19.3 Å². The predicted molar refractivity (Wildman–Crippen MR) is 101 cm³/mol. The Morgan fingerprint density at radius 2 is 1.92 bits per heavy atom. The molecular formula is C19H32N4O2. The van der Waals surface area contributed by atoms with E-state index in [0.29, 0.717) is 6.54 Å². The molecule has 3 N–H and O–H groups in total. The van der Waals surface area contributed by atoms with Crippen molar-refractivity contribution in [3.63, 3.8) is 0 Å². The molecule has 1 aromatic heterocycles. The summed E-state index contributed by atoms with van der Waals surface area (Å²) in [4.78, 5) is 15.7. The van der Waals surface area contributed by atoms with Crippen molar-refractivity contribution >= 4 is 11.9 Å². The van der Waals surface area contributed by atoms with Gasteiger partial charge in [0.25, 0.3) is 0 Å². The zero-order valence-electron chi connectivity index (χ0n) is 15.4. The van der Waals surface area contributed by atoms with E-state index < -0.39 is 0 Å². The van der Waals surface area contributed by atoms with E-state index in [-0.39, 0.29) is 5.91 Å². The van der Waals surface area contributed by atoms with Gasteiger partial charge in [-0.2, -0.15) is 0 Å². The smallest absolute Gasteiger partial charge is 0.216 e. The molecule has 0 unspecified atom stereocenters. The van der Waals surface area contributed by atoms with E-state index in [0.717, 1.165) is 50.1 Å². The van der Waals surface area contributed by atoms with E-state index in [4.69, 9.17) is 9.41 Å². The largest absolute Gasteiger partial charge is 0.469 e. The summed E-state index contributed by atoms with van der Waals surface area (Å²) in [6.07, 6.45) is 10.1. The Hall–Kier alpha value is -1.98. The summed E-state index contributed by atoms with van der Waals surface area (Å²) in [7, 11) is 0. The van der Waals surface area contributed by atoms with Crippen LogP contribution in [0.25, 0.3) is 0 Å². The summed E-state index contributed by atoms with van der Waals surface area (Å²) in [5.41, 5.74) is 0. The van der Waals surface area contributed by atoms with E-state index in [9.17, 15) is 4.79 Å². The zero-order chi connectivity index (χ0) is 17.7. The summed E-state index contributed by atoms with van der Waals surface area (Å²) >= 11 is 0. The Bertz CT molecular complexity index is 508. The number of furan rings is 1. The Morgan fingerprint density at radius 3 is 2.64 bits per heavy atom. The fourth-order valence-corrected chi connectivity index (χ4v) is 3.08. The number of aliphatic imine (C=N–C) groups is 1. The van der Waals surface area contributed by atoms with E-state index in [1.165, 1.54) is 32.1 Å². The molecule has 25 heavy (non-hydrogen) atoms. The average molecular weight is 348 g/mol. The first-order chi connectivity index (χ1) is 12.2. The molecule has 2 rings (SSSR count). The lowest BCUT2D eigenvalue weighted by Gasteiger charge is -2.20. The minimum Gasteiger partial charge on any atom is -0.469 e. The fourth-order valence-electron chi connectivity index (χ4n) is 3.08. The maximum atomic E-state index is 10.9. The lowest BCUT2D eigenvalue weighted by Crippen LogP contribution is -2.40. The van der Waals surface area contributed by atoms with Crippen molar-refractivity contribution < 1.29 is 9.21 Å². The maximum Gasteiger partial charge on any atom is 0.216 e. The van der Waals surface area contributed by atoms with E-state index >= 15 is 0 Å². The first-order valence-corrected chi connectivity index (χ1v) is 9.53. The number of guanidine groups is 1. The first kappa shape index (κ1) is 19.3. The van der Waals surface area contributed by atoms with E-state index in [2.05, 4.69) is 16.0 Å². The van der Waals surface area contributed by atoms with Crippen LogP contribution in [0.15, 0.2) is 27.8 Å². The lowest BCUT2D eigenvalue weighted by molar-refractivity contribution is -0.118. The lowest BCUT2D eigenvalue weighted by atomic mass is 9.89. The van der Waals surface area contributed by atoms with Crippen LogP contribution < -0.4 is 16.0 Å². The highest BCUT2D eigenvalue weighted by Gasteiger charge is 2.13. The van der Waals surface area contributed by atoms with Crippen molar-refractivity contribution in [1.29, 1.82) is 0 Å². The van der Waals surface area contributed by atoms with E-state index in [1.54, 1.807) is 13.2 Å². The molecule has 0 spiro atoms. The molecule has 1 heterocycles. The highest BCUT2D eigenvalue weighted by atomic mass is 16.3. The minimum atomic E-state index is 0.0164. The second-order valence-corrected chi connectivity index (χ2v) is 6.71. The van der Waals surface area contributed by atoms with Crippen LogP contribution >= 0.6 is 0 Å². The predicted octanol–water partition coefficient (Wildman–Crippen LogP) is 2.46. The molecule has 6 heteroatoms. The van der Waals surface area contributed by atoms with Crippen LogP contribution in [0.3, 0.4) is 0 Å². The number of nitrogens with zero attached hydrogens (tertiary/aromatic N) is 1. The highest BCUT2D eigenvalue weighted by Crippen LogP contribution is 2.23. The van der Waals surface area contributed by atoms with Gasteiger partial charge in [0.15, 0.2) is 5.96 Å². The molecule has 0 radical (unpaired) electrons. The molecule has 0 aromatic carbocycles. The molecule has 1 saturated carbocycles. The van der Waals surface area contributed by atoms with Crippen LogP contribution in [0.5, 0.6) is 0 Å². The normalized spacial score (nSPS) is 15.8. The number of hydrogen-bond donors (Lipinski definition) is 3. The third kappa shape index (κ3) is 8.61. The Morgan fingerprint density at radius 1 is 1.16 bits per heavy atom. The third-order valence-corrected chi connectivity index (χ3v) is 4.50. The van der Waals surface area contributed by atoms with Crippen LogP contribution in [-0.2, 0) is 11.2 Å². The van der Waals surface area contributed by atoms with Crippen molar-refractivity contribution in [3.05, 3.63) is 24.2 Å². The van der Waals surface area contributed by atoms with Gasteiger partial charge in [-0.15, -0.1) is 0 Å². The summed E-state index contributed by atoms with van der Waals surface area (Å²) in [5, 5.41) is 9.57. The van der Waals surface area contributed by atoms with Gasteiger partial charge in [0.2, 0.25) is 5.91 Å². The fraction of sp³-hybridized carbons (Fsp3) is 0.684. The number of hydrogen-bond acceptors (Lipinski definition) is 3. The van der Waals surface area contributed by atoms with Crippen LogP contribution in [-0.4, -0.2) is 38.0 Å². The van der Waals surface area contributed by atoms with Gasteiger partial charge in [0.1, 0.15) is 5.76 Å². The van der Waals surface area contributed by atoms with E-state index in [1.807, 2.05) is 12.1 Å². The quantitative estimate of drug-likeness (QED) is 0.364. The highest BCUT2D eigenvalue weighted by molar-refractivity contribution is 5.79. The maximum absolute atomic E-state index is 10.9. The molecule has 6 nitrogen and oxygen atoms in total. The van der Waals surface area contributed by atoms with Crippen LogP contribution in [0.2, 0.25) is 0 Å². The van der Waals surface area contributed by atoms with Gasteiger partial charge in [0, 0.05) is 39.5 Å². The van der Waals surface area contributed by atoms with Crippen molar-refractivity contribution in [3.8, 4) is 0 Å². The molecule has 0 atom stereocenters.